The first-order valence-electron chi connectivity index (χ1n) is 10.9. The fraction of sp³-hybridized carbons (Fsp3) is 0.185. The van der Waals surface area contributed by atoms with Crippen LogP contribution in [0.15, 0.2) is 84.6 Å². The van der Waals surface area contributed by atoms with Gasteiger partial charge in [0.2, 0.25) is 5.91 Å². The molecule has 0 fully saturated rings. The van der Waals surface area contributed by atoms with Gasteiger partial charge in [0.05, 0.1) is 5.69 Å². The van der Waals surface area contributed by atoms with E-state index >= 15 is 0 Å². The standard InChI is InChI=1S/C27H25FN2O3/c1-19(11-12-20-7-3-2-4-8-20)29-26(31)18-30-23-9-5-6-10-24(23)33-25(27(30)32)17-21-13-15-22(28)16-14-21/h2-10,13-17,19H,11-12,18H2,1H3,(H,29,31)/b25-17+. The summed E-state index contributed by atoms with van der Waals surface area (Å²) in [6, 6.07) is 22.9. The van der Waals surface area contributed by atoms with Crippen molar-refractivity contribution in [1.82, 2.24) is 5.32 Å². The number of aryl methyl sites for hydroxylation is 1. The molecule has 1 unspecified atom stereocenters. The number of hydrogen-bond acceptors (Lipinski definition) is 3. The first-order chi connectivity index (χ1) is 16.0. The molecule has 0 aromatic heterocycles. The minimum Gasteiger partial charge on any atom is -0.449 e. The lowest BCUT2D eigenvalue weighted by Crippen LogP contribution is -2.46. The largest absolute Gasteiger partial charge is 0.449 e. The molecule has 6 heteroatoms. The molecule has 1 N–H and O–H groups in total. The summed E-state index contributed by atoms with van der Waals surface area (Å²) in [5, 5.41) is 2.98. The number of halogens is 1. The highest BCUT2D eigenvalue weighted by Gasteiger charge is 2.31. The molecule has 3 aromatic rings. The molecule has 2 amide bonds. The van der Waals surface area contributed by atoms with Gasteiger partial charge in [0.1, 0.15) is 12.4 Å². The number of amides is 2. The second kappa shape index (κ2) is 10.1. The molecule has 1 atom stereocenters. The Kier molecular flexibility index (Phi) is 6.83. The number of nitrogens with zero attached hydrogens (tertiary/aromatic N) is 1. The number of anilines is 1. The van der Waals surface area contributed by atoms with E-state index in [9.17, 15) is 14.0 Å². The summed E-state index contributed by atoms with van der Waals surface area (Å²) in [6.07, 6.45) is 3.19. The van der Waals surface area contributed by atoms with E-state index in [1.165, 1.54) is 22.6 Å². The number of rotatable bonds is 7. The van der Waals surface area contributed by atoms with Crippen molar-refractivity contribution in [1.29, 1.82) is 0 Å². The lowest BCUT2D eigenvalue weighted by molar-refractivity contribution is -0.123. The van der Waals surface area contributed by atoms with Crippen molar-refractivity contribution >= 4 is 23.6 Å². The predicted molar refractivity (Wildman–Crippen MR) is 126 cm³/mol. The summed E-state index contributed by atoms with van der Waals surface area (Å²) < 4.78 is 19.0. The lowest BCUT2D eigenvalue weighted by Gasteiger charge is -2.30. The van der Waals surface area contributed by atoms with Gasteiger partial charge >= 0.3 is 0 Å². The van der Waals surface area contributed by atoms with Crippen LogP contribution in [-0.2, 0) is 16.0 Å². The Hall–Kier alpha value is -3.93. The van der Waals surface area contributed by atoms with Crippen LogP contribution in [0.1, 0.15) is 24.5 Å². The van der Waals surface area contributed by atoms with Gasteiger partial charge < -0.3 is 10.1 Å². The zero-order chi connectivity index (χ0) is 23.2. The molecule has 0 spiro atoms. The lowest BCUT2D eigenvalue weighted by atomic mass is 10.1. The predicted octanol–water partition coefficient (Wildman–Crippen LogP) is 4.73. The summed E-state index contributed by atoms with van der Waals surface area (Å²) in [5.41, 5.74) is 2.37. The Balaban J connectivity index is 1.46. The number of hydrogen-bond donors (Lipinski definition) is 1. The third-order valence-electron chi connectivity index (χ3n) is 5.42. The molecular weight excluding hydrogens is 419 g/mol. The van der Waals surface area contributed by atoms with Crippen LogP contribution >= 0.6 is 0 Å². The highest BCUT2D eigenvalue weighted by molar-refractivity contribution is 6.12. The topological polar surface area (TPSA) is 58.6 Å². The van der Waals surface area contributed by atoms with Crippen molar-refractivity contribution in [3.05, 3.63) is 102 Å². The first kappa shape index (κ1) is 22.3. The van der Waals surface area contributed by atoms with Crippen molar-refractivity contribution in [2.45, 2.75) is 25.8 Å². The molecule has 5 nitrogen and oxygen atoms in total. The Morgan fingerprint density at radius 1 is 1.03 bits per heavy atom. The fourth-order valence-corrected chi connectivity index (χ4v) is 3.69. The van der Waals surface area contributed by atoms with E-state index in [0.717, 1.165) is 12.8 Å². The number of fused-ring (bicyclic) bond motifs is 1. The van der Waals surface area contributed by atoms with Crippen molar-refractivity contribution < 1.29 is 18.7 Å². The van der Waals surface area contributed by atoms with E-state index in [2.05, 4.69) is 17.4 Å². The van der Waals surface area contributed by atoms with Crippen molar-refractivity contribution in [2.75, 3.05) is 11.4 Å². The summed E-state index contributed by atoms with van der Waals surface area (Å²) in [6.45, 7) is 1.82. The van der Waals surface area contributed by atoms with Gasteiger partial charge in [0.15, 0.2) is 11.5 Å². The number of benzene rings is 3. The van der Waals surface area contributed by atoms with Crippen molar-refractivity contribution in [2.24, 2.45) is 0 Å². The third kappa shape index (κ3) is 5.66. The van der Waals surface area contributed by atoms with E-state index in [-0.39, 0.29) is 30.1 Å². The van der Waals surface area contributed by atoms with E-state index in [1.807, 2.05) is 25.1 Å². The zero-order valence-electron chi connectivity index (χ0n) is 18.3. The second-order valence-electron chi connectivity index (χ2n) is 8.01. The molecule has 4 rings (SSSR count). The fourth-order valence-electron chi connectivity index (χ4n) is 3.69. The maximum absolute atomic E-state index is 13.2. The minimum atomic E-state index is -0.426. The molecule has 3 aromatic carbocycles. The number of carbonyl (C=O) groups is 2. The molecule has 0 aliphatic carbocycles. The minimum absolute atomic E-state index is 0.0432. The Morgan fingerprint density at radius 2 is 1.73 bits per heavy atom. The van der Waals surface area contributed by atoms with Gasteiger partial charge in [0.25, 0.3) is 5.91 Å². The van der Waals surface area contributed by atoms with Gasteiger partial charge in [0, 0.05) is 6.04 Å². The molecule has 0 saturated carbocycles. The highest BCUT2D eigenvalue weighted by Crippen LogP contribution is 2.35. The van der Waals surface area contributed by atoms with E-state index in [1.54, 1.807) is 42.5 Å². The Labute approximate surface area is 192 Å². The maximum Gasteiger partial charge on any atom is 0.294 e. The highest BCUT2D eigenvalue weighted by atomic mass is 19.1. The first-order valence-corrected chi connectivity index (χ1v) is 10.9. The molecule has 33 heavy (non-hydrogen) atoms. The molecule has 1 heterocycles. The number of ether oxygens (including phenoxy) is 1. The van der Waals surface area contributed by atoms with Crippen LogP contribution in [-0.4, -0.2) is 24.4 Å². The Bertz CT molecular complexity index is 1160. The summed E-state index contributed by atoms with van der Waals surface area (Å²) in [5.74, 6) is -0.481. The average Bonchev–Trinajstić information content (AvgIpc) is 2.82. The molecule has 0 bridgehead atoms. The molecule has 0 saturated heterocycles. The Morgan fingerprint density at radius 3 is 2.48 bits per heavy atom. The van der Waals surface area contributed by atoms with Crippen LogP contribution in [0.25, 0.3) is 6.08 Å². The van der Waals surface area contributed by atoms with Crippen molar-refractivity contribution in [3.63, 3.8) is 0 Å². The van der Waals surface area contributed by atoms with Crippen LogP contribution < -0.4 is 15.0 Å². The molecule has 0 radical (unpaired) electrons. The summed E-state index contributed by atoms with van der Waals surface area (Å²) >= 11 is 0. The van der Waals surface area contributed by atoms with E-state index in [4.69, 9.17) is 4.74 Å². The summed E-state index contributed by atoms with van der Waals surface area (Å²) in [7, 11) is 0. The van der Waals surface area contributed by atoms with Crippen LogP contribution in [0.3, 0.4) is 0 Å². The third-order valence-corrected chi connectivity index (χ3v) is 5.42. The van der Waals surface area contributed by atoms with Crippen LogP contribution in [0, 0.1) is 5.82 Å². The smallest absolute Gasteiger partial charge is 0.294 e. The number of para-hydroxylation sites is 2. The normalized spacial score (nSPS) is 15.0. The van der Waals surface area contributed by atoms with Crippen molar-refractivity contribution in [3.8, 4) is 5.75 Å². The molecule has 1 aliphatic rings. The average molecular weight is 445 g/mol. The van der Waals surface area contributed by atoms with Gasteiger partial charge in [-0.1, -0.05) is 54.6 Å². The van der Waals surface area contributed by atoms with Gasteiger partial charge in [-0.3, -0.25) is 14.5 Å². The quantitative estimate of drug-likeness (QED) is 0.536. The summed E-state index contributed by atoms with van der Waals surface area (Å²) in [4.78, 5) is 27.4. The molecular formula is C27H25FN2O3. The second-order valence-corrected chi connectivity index (χ2v) is 8.01. The van der Waals surface area contributed by atoms with Gasteiger partial charge in [-0.15, -0.1) is 0 Å². The number of nitrogens with one attached hydrogen (secondary N) is 1. The van der Waals surface area contributed by atoms with Gasteiger partial charge in [-0.2, -0.15) is 0 Å². The molecule has 168 valence electrons. The zero-order valence-corrected chi connectivity index (χ0v) is 18.3. The van der Waals surface area contributed by atoms with Crippen LogP contribution in [0.5, 0.6) is 5.75 Å². The molecule has 1 aliphatic heterocycles. The number of carbonyl (C=O) groups excluding carboxylic acids is 2. The van der Waals surface area contributed by atoms with Crippen LogP contribution in [0.4, 0.5) is 10.1 Å². The maximum atomic E-state index is 13.2. The van der Waals surface area contributed by atoms with E-state index < -0.39 is 5.91 Å². The SMILES string of the molecule is CC(CCc1ccccc1)NC(=O)CN1C(=O)/C(=C\c2ccc(F)cc2)Oc2ccccc21. The van der Waals surface area contributed by atoms with Gasteiger partial charge in [-0.25, -0.2) is 4.39 Å². The monoisotopic (exact) mass is 444 g/mol. The van der Waals surface area contributed by atoms with E-state index in [0.29, 0.717) is 17.0 Å². The van der Waals surface area contributed by atoms with Gasteiger partial charge in [-0.05, 0) is 61.2 Å². The van der Waals surface area contributed by atoms with Crippen LogP contribution in [0.2, 0.25) is 0 Å².